The second-order valence-electron chi connectivity index (χ2n) is 7.32. The Labute approximate surface area is 196 Å². The van der Waals surface area contributed by atoms with Gasteiger partial charge in [-0.3, -0.25) is 19.0 Å². The van der Waals surface area contributed by atoms with Gasteiger partial charge in [0.2, 0.25) is 5.91 Å². The zero-order valence-electron chi connectivity index (χ0n) is 17.2. The summed E-state index contributed by atoms with van der Waals surface area (Å²) in [5.41, 5.74) is 1.61. The lowest BCUT2D eigenvalue weighted by Crippen LogP contribution is -2.28. The Hall–Kier alpha value is -2.94. The number of aryl methyl sites for hydroxylation is 2. The first-order valence-electron chi connectivity index (χ1n) is 9.62. The summed E-state index contributed by atoms with van der Waals surface area (Å²) >= 11 is 13.4. The molecule has 1 aromatic carbocycles. The van der Waals surface area contributed by atoms with Gasteiger partial charge >= 0.3 is 0 Å². The molecule has 0 bridgehead atoms. The molecule has 0 spiro atoms. The number of hydrogen-bond acceptors (Lipinski definition) is 5. The Morgan fingerprint density at radius 2 is 1.88 bits per heavy atom. The van der Waals surface area contributed by atoms with Crippen molar-refractivity contribution in [2.75, 3.05) is 5.32 Å². The first-order chi connectivity index (χ1) is 15.2. The highest BCUT2D eigenvalue weighted by atomic mass is 35.5. The molecule has 0 unspecified atom stereocenters. The Morgan fingerprint density at radius 3 is 2.62 bits per heavy atom. The number of nitrogens with one attached hydrogen (secondary N) is 1. The van der Waals surface area contributed by atoms with E-state index in [0.717, 1.165) is 16.0 Å². The van der Waals surface area contributed by atoms with Crippen molar-refractivity contribution in [1.29, 1.82) is 0 Å². The van der Waals surface area contributed by atoms with Gasteiger partial charge in [-0.05, 0) is 43.2 Å². The number of pyridine rings is 1. The predicted molar refractivity (Wildman–Crippen MR) is 128 cm³/mol. The van der Waals surface area contributed by atoms with E-state index in [1.165, 1.54) is 38.9 Å². The summed E-state index contributed by atoms with van der Waals surface area (Å²) in [6.45, 7) is 3.88. The van der Waals surface area contributed by atoms with Crippen LogP contribution in [0.25, 0.3) is 10.2 Å². The molecule has 0 saturated carbocycles. The van der Waals surface area contributed by atoms with Crippen LogP contribution in [0.1, 0.15) is 16.0 Å². The number of aromatic nitrogens is 3. The fourth-order valence-corrected chi connectivity index (χ4v) is 4.61. The van der Waals surface area contributed by atoms with Crippen LogP contribution in [0.4, 0.5) is 5.69 Å². The van der Waals surface area contributed by atoms with Crippen LogP contribution in [-0.4, -0.2) is 20.0 Å². The van der Waals surface area contributed by atoms with Crippen molar-refractivity contribution in [2.24, 2.45) is 0 Å². The molecule has 0 aliphatic carbocycles. The molecule has 0 fully saturated rings. The van der Waals surface area contributed by atoms with Crippen molar-refractivity contribution in [3.05, 3.63) is 89.6 Å². The fourth-order valence-electron chi connectivity index (χ4n) is 3.30. The van der Waals surface area contributed by atoms with E-state index < -0.39 is 5.91 Å². The van der Waals surface area contributed by atoms with Crippen LogP contribution in [0, 0.1) is 13.8 Å². The molecule has 4 aromatic rings. The second kappa shape index (κ2) is 8.90. The Kier molecular flexibility index (Phi) is 6.19. The summed E-state index contributed by atoms with van der Waals surface area (Å²) in [7, 11) is 0. The maximum absolute atomic E-state index is 12.8. The summed E-state index contributed by atoms with van der Waals surface area (Å²) in [5.74, 6) is -0.405. The molecule has 0 atom stereocenters. The van der Waals surface area contributed by atoms with Crippen LogP contribution >= 0.6 is 34.5 Å². The summed E-state index contributed by atoms with van der Waals surface area (Å²) in [6.07, 6.45) is 2.92. The van der Waals surface area contributed by atoms with E-state index in [1.807, 2.05) is 13.8 Å². The molecule has 1 N–H and O–H groups in total. The minimum atomic E-state index is -0.405. The molecule has 10 heteroatoms. The van der Waals surface area contributed by atoms with Crippen molar-refractivity contribution in [3.8, 4) is 0 Å². The van der Waals surface area contributed by atoms with Gasteiger partial charge in [0.15, 0.2) is 0 Å². The molecule has 0 saturated heterocycles. The number of amides is 1. The van der Waals surface area contributed by atoms with Gasteiger partial charge in [-0.2, -0.15) is 0 Å². The van der Waals surface area contributed by atoms with E-state index >= 15 is 0 Å². The number of rotatable bonds is 5. The minimum absolute atomic E-state index is 0.192. The SMILES string of the molecule is Cc1sc2ncn(CC(=O)Nc3ccc(=O)n(Cc4ccc(Cl)c(Cl)c4)c3)c(=O)c2c1C. The zero-order valence-corrected chi connectivity index (χ0v) is 19.5. The maximum Gasteiger partial charge on any atom is 0.262 e. The van der Waals surface area contributed by atoms with E-state index in [0.29, 0.717) is 25.9 Å². The monoisotopic (exact) mass is 488 g/mol. The topological polar surface area (TPSA) is 86.0 Å². The van der Waals surface area contributed by atoms with Gasteiger partial charge in [0.25, 0.3) is 11.1 Å². The third-order valence-corrected chi connectivity index (χ3v) is 6.93. The van der Waals surface area contributed by atoms with Crippen molar-refractivity contribution in [1.82, 2.24) is 14.1 Å². The lowest BCUT2D eigenvalue weighted by atomic mass is 10.2. The highest BCUT2D eigenvalue weighted by Gasteiger charge is 2.14. The van der Waals surface area contributed by atoms with E-state index in [-0.39, 0.29) is 24.2 Å². The van der Waals surface area contributed by atoms with Crippen LogP contribution < -0.4 is 16.4 Å². The van der Waals surface area contributed by atoms with Gasteiger partial charge in [-0.1, -0.05) is 29.3 Å². The molecule has 0 radical (unpaired) electrons. The third kappa shape index (κ3) is 4.48. The summed E-state index contributed by atoms with van der Waals surface area (Å²) < 4.78 is 2.73. The van der Waals surface area contributed by atoms with Gasteiger partial charge in [-0.15, -0.1) is 11.3 Å². The van der Waals surface area contributed by atoms with Crippen molar-refractivity contribution in [2.45, 2.75) is 26.9 Å². The third-order valence-electron chi connectivity index (χ3n) is 5.07. The van der Waals surface area contributed by atoms with Gasteiger partial charge in [0.1, 0.15) is 11.4 Å². The molecule has 32 heavy (non-hydrogen) atoms. The smallest absolute Gasteiger partial charge is 0.262 e. The Morgan fingerprint density at radius 1 is 1.09 bits per heavy atom. The first-order valence-corrected chi connectivity index (χ1v) is 11.2. The molecule has 0 aliphatic heterocycles. The van der Waals surface area contributed by atoms with Gasteiger partial charge in [-0.25, -0.2) is 4.98 Å². The highest BCUT2D eigenvalue weighted by molar-refractivity contribution is 7.18. The van der Waals surface area contributed by atoms with Gasteiger partial charge in [0, 0.05) is 17.1 Å². The van der Waals surface area contributed by atoms with E-state index in [1.54, 1.807) is 24.4 Å². The summed E-state index contributed by atoms with van der Waals surface area (Å²) in [5, 5.41) is 4.10. The van der Waals surface area contributed by atoms with Gasteiger partial charge < -0.3 is 9.88 Å². The molecule has 3 aromatic heterocycles. The number of benzene rings is 1. The minimum Gasteiger partial charge on any atom is -0.323 e. The lowest BCUT2D eigenvalue weighted by molar-refractivity contribution is -0.116. The lowest BCUT2D eigenvalue weighted by Gasteiger charge is -2.11. The average Bonchev–Trinajstić information content (AvgIpc) is 3.04. The average molecular weight is 489 g/mol. The zero-order chi connectivity index (χ0) is 23.0. The molecule has 0 aliphatic rings. The molecular weight excluding hydrogens is 471 g/mol. The van der Waals surface area contributed by atoms with Crippen LogP contribution in [0.15, 0.2) is 52.4 Å². The highest BCUT2D eigenvalue weighted by Crippen LogP contribution is 2.25. The van der Waals surface area contributed by atoms with E-state index in [4.69, 9.17) is 23.2 Å². The second-order valence-corrected chi connectivity index (χ2v) is 9.34. The molecule has 3 heterocycles. The number of thiophene rings is 1. The van der Waals surface area contributed by atoms with Crippen LogP contribution in [0.2, 0.25) is 10.0 Å². The van der Waals surface area contributed by atoms with E-state index in [2.05, 4.69) is 10.3 Å². The summed E-state index contributed by atoms with van der Waals surface area (Å²) in [4.78, 5) is 43.6. The molecule has 164 valence electrons. The number of hydrogen-bond donors (Lipinski definition) is 1. The van der Waals surface area contributed by atoms with Crippen molar-refractivity contribution >= 4 is 56.3 Å². The number of anilines is 1. The Bertz CT molecular complexity index is 1470. The molecule has 7 nitrogen and oxygen atoms in total. The standard InChI is InChI=1S/C22H18Cl2N4O3S/c1-12-13(2)32-21-20(12)22(31)28(11-25-21)10-18(29)26-15-4-6-19(30)27(9-15)8-14-3-5-16(23)17(24)7-14/h3-7,9,11H,8,10H2,1-2H3,(H,26,29). The van der Waals surface area contributed by atoms with Crippen LogP contribution in [0.3, 0.4) is 0 Å². The maximum atomic E-state index is 12.8. The number of carbonyl (C=O) groups excluding carboxylic acids is 1. The fraction of sp³-hybridized carbons (Fsp3) is 0.182. The number of fused-ring (bicyclic) bond motifs is 1. The normalized spacial score (nSPS) is 11.1. The van der Waals surface area contributed by atoms with E-state index in [9.17, 15) is 14.4 Å². The summed E-state index contributed by atoms with van der Waals surface area (Å²) in [6, 6.07) is 8.00. The predicted octanol–water partition coefficient (Wildman–Crippen LogP) is 4.23. The number of nitrogens with zero attached hydrogens (tertiary/aromatic N) is 3. The van der Waals surface area contributed by atoms with Crippen LogP contribution in [-0.2, 0) is 17.9 Å². The van der Waals surface area contributed by atoms with Crippen LogP contribution in [0.5, 0.6) is 0 Å². The molecular formula is C22H18Cl2N4O3S. The molecule has 4 rings (SSSR count). The molecule has 1 amide bonds. The quantitative estimate of drug-likeness (QED) is 0.455. The van der Waals surface area contributed by atoms with Gasteiger partial charge in [0.05, 0.1) is 34.0 Å². The first kappa shape index (κ1) is 22.3. The Balaban J connectivity index is 1.53. The number of carbonyl (C=O) groups is 1. The van der Waals surface area contributed by atoms with Crippen molar-refractivity contribution < 1.29 is 4.79 Å². The van der Waals surface area contributed by atoms with Crippen molar-refractivity contribution in [3.63, 3.8) is 0 Å². The number of halogens is 2. The largest absolute Gasteiger partial charge is 0.323 e.